The number of rotatable bonds is 5. The Balaban J connectivity index is 2.51. The molecule has 0 bridgehead atoms. The van der Waals surface area contributed by atoms with Crippen molar-refractivity contribution < 1.29 is 15.3 Å². The van der Waals surface area contributed by atoms with Gasteiger partial charge >= 0.3 is 0 Å². The number of aliphatic hydroxyl groups excluding tert-OH is 3. The van der Waals surface area contributed by atoms with Crippen LogP contribution < -0.4 is 0 Å². The zero-order chi connectivity index (χ0) is 12.7. The minimum absolute atomic E-state index is 0.0775. The van der Waals surface area contributed by atoms with Gasteiger partial charge < -0.3 is 15.3 Å². The first kappa shape index (κ1) is 14.4. The van der Waals surface area contributed by atoms with Gasteiger partial charge in [0.15, 0.2) is 0 Å². The minimum Gasteiger partial charge on any atom is -0.396 e. The van der Waals surface area contributed by atoms with E-state index >= 15 is 0 Å². The monoisotopic (exact) mass is 240 g/mol. The Hall–Kier alpha value is -0.640. The highest BCUT2D eigenvalue weighted by molar-refractivity contribution is 5.07. The summed E-state index contributed by atoms with van der Waals surface area (Å²) >= 11 is 0. The van der Waals surface area contributed by atoms with Gasteiger partial charge in [0, 0.05) is 12.5 Å². The van der Waals surface area contributed by atoms with Crippen molar-refractivity contribution in [2.75, 3.05) is 6.61 Å². The van der Waals surface area contributed by atoms with E-state index in [9.17, 15) is 15.3 Å². The molecule has 0 aromatic heterocycles. The highest BCUT2D eigenvalue weighted by Gasteiger charge is 2.35. The van der Waals surface area contributed by atoms with Crippen LogP contribution in [-0.2, 0) is 0 Å². The molecule has 1 aliphatic carbocycles. The molecule has 0 heterocycles. The van der Waals surface area contributed by atoms with Crippen LogP contribution >= 0.6 is 0 Å². The number of hydrogen-bond acceptors (Lipinski definition) is 3. The van der Waals surface area contributed by atoms with Gasteiger partial charge in [0.2, 0.25) is 0 Å². The molecule has 1 saturated carbocycles. The van der Waals surface area contributed by atoms with Gasteiger partial charge in [-0.1, -0.05) is 37.6 Å². The predicted octanol–water partition coefficient (Wildman–Crippen LogP) is 1.64. The standard InChI is InChI=1S/C14H24O3/c1-2-3-4-5-6-7-11-8-9-13(16)14(17)12(11)10-15/h4-7,11-17H,2-3,8-10H2,1H3/b5-4+,7-6+/t11-,12+,13+,14-/m1/s1. The first-order valence-corrected chi connectivity index (χ1v) is 6.51. The molecule has 0 aromatic rings. The number of hydrogen-bond donors (Lipinski definition) is 3. The quantitative estimate of drug-likeness (QED) is 0.640. The summed E-state index contributed by atoms with van der Waals surface area (Å²) in [5.41, 5.74) is 0. The zero-order valence-electron chi connectivity index (χ0n) is 10.5. The van der Waals surface area contributed by atoms with Crippen molar-refractivity contribution in [2.45, 2.75) is 44.8 Å². The fraction of sp³-hybridized carbons (Fsp3) is 0.714. The van der Waals surface area contributed by atoms with E-state index in [1.807, 2.05) is 18.2 Å². The molecule has 1 rings (SSSR count). The maximum Gasteiger partial charge on any atom is 0.0854 e. The van der Waals surface area contributed by atoms with Gasteiger partial charge in [-0.2, -0.15) is 0 Å². The summed E-state index contributed by atoms with van der Waals surface area (Å²) < 4.78 is 0. The molecule has 0 radical (unpaired) electrons. The van der Waals surface area contributed by atoms with Crippen LogP contribution in [-0.4, -0.2) is 34.1 Å². The van der Waals surface area contributed by atoms with Gasteiger partial charge in [-0.05, 0) is 25.2 Å². The van der Waals surface area contributed by atoms with Gasteiger partial charge in [0.05, 0.1) is 12.2 Å². The highest BCUT2D eigenvalue weighted by Crippen LogP contribution is 2.31. The van der Waals surface area contributed by atoms with E-state index in [0.29, 0.717) is 6.42 Å². The summed E-state index contributed by atoms with van der Waals surface area (Å²) in [7, 11) is 0. The molecule has 98 valence electrons. The van der Waals surface area contributed by atoms with Gasteiger partial charge in [-0.25, -0.2) is 0 Å². The van der Waals surface area contributed by atoms with Crippen LogP contribution in [0.15, 0.2) is 24.3 Å². The van der Waals surface area contributed by atoms with Crippen LogP contribution in [0.25, 0.3) is 0 Å². The molecule has 0 amide bonds. The Morgan fingerprint density at radius 3 is 2.59 bits per heavy atom. The van der Waals surface area contributed by atoms with Gasteiger partial charge in [0.1, 0.15) is 0 Å². The maximum absolute atomic E-state index is 9.79. The molecular formula is C14H24O3. The number of unbranched alkanes of at least 4 members (excludes halogenated alkanes) is 1. The summed E-state index contributed by atoms with van der Waals surface area (Å²) in [6.07, 6.45) is 10.3. The van der Waals surface area contributed by atoms with Crippen molar-refractivity contribution in [1.82, 2.24) is 0 Å². The average Bonchev–Trinajstić information content (AvgIpc) is 2.33. The molecule has 3 N–H and O–H groups in total. The lowest BCUT2D eigenvalue weighted by Crippen LogP contribution is -2.43. The largest absolute Gasteiger partial charge is 0.396 e. The second-order valence-corrected chi connectivity index (χ2v) is 4.75. The maximum atomic E-state index is 9.79. The molecule has 4 atom stereocenters. The first-order valence-electron chi connectivity index (χ1n) is 6.51. The highest BCUT2D eigenvalue weighted by atomic mass is 16.3. The van der Waals surface area contributed by atoms with Gasteiger partial charge in [0.25, 0.3) is 0 Å². The normalized spacial score (nSPS) is 34.8. The third kappa shape index (κ3) is 4.26. The fourth-order valence-electron chi connectivity index (χ4n) is 2.32. The molecule has 0 unspecified atom stereocenters. The summed E-state index contributed by atoms with van der Waals surface area (Å²) in [6.45, 7) is 2.06. The number of allylic oxidation sites excluding steroid dienone is 4. The Kier molecular flexibility index (Phi) is 6.48. The van der Waals surface area contributed by atoms with E-state index in [1.54, 1.807) is 0 Å². The number of aliphatic hydroxyl groups is 3. The molecule has 0 aliphatic heterocycles. The zero-order valence-corrected chi connectivity index (χ0v) is 10.5. The SMILES string of the molecule is CCC/C=C/C=C/[C@@H]1CC[C@H](O)[C@H](O)[C@H]1CO. The molecule has 1 fully saturated rings. The van der Waals surface area contributed by atoms with Gasteiger partial charge in [-0.15, -0.1) is 0 Å². The van der Waals surface area contributed by atoms with Crippen LogP contribution in [0.5, 0.6) is 0 Å². The van der Waals surface area contributed by atoms with E-state index < -0.39 is 12.2 Å². The summed E-state index contributed by atoms with van der Waals surface area (Å²) in [6, 6.07) is 0. The topological polar surface area (TPSA) is 60.7 Å². The fourth-order valence-corrected chi connectivity index (χ4v) is 2.32. The van der Waals surface area contributed by atoms with Crippen LogP contribution in [0.1, 0.15) is 32.6 Å². The Labute approximate surface area is 103 Å². The van der Waals surface area contributed by atoms with Crippen molar-refractivity contribution >= 4 is 0 Å². The summed E-state index contributed by atoms with van der Waals surface area (Å²) in [4.78, 5) is 0. The molecule has 0 spiro atoms. The first-order chi connectivity index (χ1) is 8.20. The molecular weight excluding hydrogens is 216 g/mol. The molecule has 0 aromatic carbocycles. The van der Waals surface area contributed by atoms with E-state index in [2.05, 4.69) is 13.0 Å². The molecule has 0 saturated heterocycles. The molecule has 1 aliphatic rings. The van der Waals surface area contributed by atoms with Crippen molar-refractivity contribution in [3.05, 3.63) is 24.3 Å². The van der Waals surface area contributed by atoms with Crippen LogP contribution in [0.3, 0.4) is 0 Å². The average molecular weight is 240 g/mol. The van der Waals surface area contributed by atoms with Crippen molar-refractivity contribution in [3.8, 4) is 0 Å². The predicted molar refractivity (Wildman–Crippen MR) is 68.5 cm³/mol. The summed E-state index contributed by atoms with van der Waals surface area (Å²) in [5.74, 6) is -0.0840. The lowest BCUT2D eigenvalue weighted by Gasteiger charge is -2.36. The Morgan fingerprint density at radius 1 is 1.18 bits per heavy atom. The van der Waals surface area contributed by atoms with Crippen molar-refractivity contribution in [3.63, 3.8) is 0 Å². The van der Waals surface area contributed by atoms with E-state index in [0.717, 1.165) is 19.3 Å². The second kappa shape index (κ2) is 7.64. The summed E-state index contributed by atoms with van der Waals surface area (Å²) in [5, 5.41) is 28.6. The molecule has 3 heteroatoms. The van der Waals surface area contributed by atoms with Crippen molar-refractivity contribution in [1.29, 1.82) is 0 Å². The second-order valence-electron chi connectivity index (χ2n) is 4.75. The molecule has 17 heavy (non-hydrogen) atoms. The smallest absolute Gasteiger partial charge is 0.0854 e. The Morgan fingerprint density at radius 2 is 1.94 bits per heavy atom. The van der Waals surface area contributed by atoms with E-state index in [4.69, 9.17) is 0 Å². The lowest BCUT2D eigenvalue weighted by atomic mass is 9.76. The van der Waals surface area contributed by atoms with E-state index in [-0.39, 0.29) is 18.4 Å². The van der Waals surface area contributed by atoms with Crippen LogP contribution in [0.4, 0.5) is 0 Å². The molecule has 3 nitrogen and oxygen atoms in total. The third-order valence-electron chi connectivity index (χ3n) is 3.45. The third-order valence-corrected chi connectivity index (χ3v) is 3.45. The lowest BCUT2D eigenvalue weighted by molar-refractivity contribution is -0.0733. The van der Waals surface area contributed by atoms with Gasteiger partial charge in [-0.3, -0.25) is 0 Å². The van der Waals surface area contributed by atoms with E-state index in [1.165, 1.54) is 0 Å². The Bertz CT molecular complexity index is 260. The van der Waals surface area contributed by atoms with Crippen molar-refractivity contribution in [2.24, 2.45) is 11.8 Å². The van der Waals surface area contributed by atoms with Crippen LogP contribution in [0, 0.1) is 11.8 Å². The minimum atomic E-state index is -0.803. The van der Waals surface area contributed by atoms with Crippen LogP contribution in [0.2, 0.25) is 0 Å².